The Hall–Kier alpha value is -1.22. The Labute approximate surface area is 115 Å². The molecule has 0 heterocycles. The Morgan fingerprint density at radius 1 is 1.21 bits per heavy atom. The zero-order valence-corrected chi connectivity index (χ0v) is 12.0. The lowest BCUT2D eigenvalue weighted by atomic mass is 9.79. The summed E-state index contributed by atoms with van der Waals surface area (Å²) in [6.07, 6.45) is 2.39. The molecule has 1 aliphatic rings. The number of hydrogen-bond acceptors (Lipinski definition) is 3. The highest BCUT2D eigenvalue weighted by Gasteiger charge is 2.32. The average Bonchev–Trinajstić information content (AvgIpc) is 2.41. The Morgan fingerprint density at radius 2 is 1.95 bits per heavy atom. The molecular weight excluding hydrogens is 240 g/mol. The van der Waals surface area contributed by atoms with Gasteiger partial charge < -0.3 is 14.6 Å². The molecule has 3 unspecified atom stereocenters. The molecule has 1 aliphatic carbocycles. The van der Waals surface area contributed by atoms with E-state index in [9.17, 15) is 5.11 Å². The van der Waals surface area contributed by atoms with Crippen molar-refractivity contribution in [2.45, 2.75) is 45.3 Å². The molecule has 0 aliphatic heterocycles. The molecule has 0 bridgehead atoms. The van der Waals surface area contributed by atoms with Crippen LogP contribution in [0.3, 0.4) is 0 Å². The van der Waals surface area contributed by atoms with Crippen LogP contribution in [-0.4, -0.2) is 24.4 Å². The Kier molecular flexibility index (Phi) is 4.70. The lowest BCUT2D eigenvalue weighted by molar-refractivity contribution is -0.0177. The van der Waals surface area contributed by atoms with Crippen molar-refractivity contribution >= 4 is 0 Å². The van der Waals surface area contributed by atoms with Crippen LogP contribution >= 0.6 is 0 Å². The van der Waals surface area contributed by atoms with E-state index in [0.717, 1.165) is 30.8 Å². The van der Waals surface area contributed by atoms with Gasteiger partial charge in [0.2, 0.25) is 0 Å². The third-order valence-electron chi connectivity index (χ3n) is 4.07. The molecule has 1 aromatic carbocycles. The van der Waals surface area contributed by atoms with Crippen LogP contribution in [0.5, 0.6) is 11.5 Å². The second kappa shape index (κ2) is 6.29. The van der Waals surface area contributed by atoms with Gasteiger partial charge in [-0.15, -0.1) is 0 Å². The summed E-state index contributed by atoms with van der Waals surface area (Å²) in [6.45, 7) is 4.48. The van der Waals surface area contributed by atoms with Crippen LogP contribution < -0.4 is 9.47 Å². The molecule has 3 atom stereocenters. The van der Waals surface area contributed by atoms with E-state index in [4.69, 9.17) is 9.47 Å². The number of methoxy groups -OCH3 is 1. The topological polar surface area (TPSA) is 38.7 Å². The molecule has 3 heteroatoms. The monoisotopic (exact) mass is 264 g/mol. The van der Waals surface area contributed by atoms with Gasteiger partial charge in [-0.25, -0.2) is 0 Å². The van der Waals surface area contributed by atoms with Gasteiger partial charge >= 0.3 is 0 Å². The van der Waals surface area contributed by atoms with Crippen LogP contribution in [0, 0.1) is 11.8 Å². The number of rotatable bonds is 4. The van der Waals surface area contributed by atoms with Crippen molar-refractivity contribution in [2.75, 3.05) is 7.11 Å². The van der Waals surface area contributed by atoms with Crippen molar-refractivity contribution in [1.82, 2.24) is 0 Å². The van der Waals surface area contributed by atoms with Gasteiger partial charge in [0.1, 0.15) is 17.6 Å². The smallest absolute Gasteiger partial charge is 0.125 e. The molecule has 0 spiro atoms. The Morgan fingerprint density at radius 3 is 2.63 bits per heavy atom. The van der Waals surface area contributed by atoms with Crippen molar-refractivity contribution in [2.24, 2.45) is 11.8 Å². The Bertz CT molecular complexity index is 403. The van der Waals surface area contributed by atoms with E-state index >= 15 is 0 Å². The predicted octanol–water partition coefficient (Wildman–Crippen LogP) is 3.26. The highest BCUT2D eigenvalue weighted by atomic mass is 16.5. The summed E-state index contributed by atoms with van der Waals surface area (Å²) in [6, 6.07) is 7.57. The average molecular weight is 264 g/mol. The van der Waals surface area contributed by atoms with Crippen molar-refractivity contribution in [1.29, 1.82) is 0 Å². The molecule has 0 radical (unpaired) electrons. The first kappa shape index (κ1) is 14.2. The van der Waals surface area contributed by atoms with E-state index < -0.39 is 0 Å². The molecule has 19 heavy (non-hydrogen) atoms. The maximum absolute atomic E-state index is 10.1. The van der Waals surface area contributed by atoms with Crippen LogP contribution in [0.25, 0.3) is 0 Å². The lowest BCUT2D eigenvalue weighted by Gasteiger charge is -2.35. The molecule has 2 rings (SSSR count). The summed E-state index contributed by atoms with van der Waals surface area (Å²) in [4.78, 5) is 0. The minimum absolute atomic E-state index is 0.103. The second-order valence-corrected chi connectivity index (χ2v) is 5.72. The van der Waals surface area contributed by atoms with Crippen molar-refractivity contribution in [3.8, 4) is 11.5 Å². The van der Waals surface area contributed by atoms with Gasteiger partial charge in [0.25, 0.3) is 0 Å². The number of aliphatic hydroxyl groups excluding tert-OH is 1. The largest absolute Gasteiger partial charge is 0.497 e. The van der Waals surface area contributed by atoms with E-state index in [1.165, 1.54) is 0 Å². The van der Waals surface area contributed by atoms with E-state index in [1.807, 2.05) is 24.3 Å². The van der Waals surface area contributed by atoms with E-state index in [1.54, 1.807) is 7.11 Å². The first-order valence-corrected chi connectivity index (χ1v) is 7.09. The fourth-order valence-electron chi connectivity index (χ4n) is 2.73. The quantitative estimate of drug-likeness (QED) is 0.907. The molecule has 106 valence electrons. The number of aliphatic hydroxyl groups is 1. The van der Waals surface area contributed by atoms with Gasteiger partial charge in [0.05, 0.1) is 13.2 Å². The van der Waals surface area contributed by atoms with E-state index in [2.05, 4.69) is 13.8 Å². The molecular formula is C16H24O3. The third kappa shape index (κ3) is 3.63. The third-order valence-corrected chi connectivity index (χ3v) is 4.07. The zero-order chi connectivity index (χ0) is 13.8. The van der Waals surface area contributed by atoms with Gasteiger partial charge in [-0.2, -0.15) is 0 Å². The molecule has 1 N–H and O–H groups in total. The zero-order valence-electron chi connectivity index (χ0n) is 12.0. The molecule has 3 nitrogen and oxygen atoms in total. The summed E-state index contributed by atoms with van der Waals surface area (Å²) in [5, 5.41) is 10.1. The summed E-state index contributed by atoms with van der Waals surface area (Å²) >= 11 is 0. The van der Waals surface area contributed by atoms with Crippen LogP contribution in [0.2, 0.25) is 0 Å². The maximum Gasteiger partial charge on any atom is 0.125 e. The van der Waals surface area contributed by atoms with Crippen LogP contribution in [0.1, 0.15) is 33.1 Å². The van der Waals surface area contributed by atoms with Crippen molar-refractivity contribution < 1.29 is 14.6 Å². The van der Waals surface area contributed by atoms with Crippen LogP contribution in [0.4, 0.5) is 0 Å². The SMILES string of the molecule is COc1cccc(OC2CC(C(C)C)CCC2O)c1. The predicted molar refractivity (Wildman–Crippen MR) is 75.6 cm³/mol. The number of ether oxygens (including phenoxy) is 2. The van der Waals surface area contributed by atoms with Gasteiger partial charge in [-0.3, -0.25) is 0 Å². The molecule has 0 saturated heterocycles. The van der Waals surface area contributed by atoms with Gasteiger partial charge in [0, 0.05) is 6.07 Å². The van der Waals surface area contributed by atoms with Crippen molar-refractivity contribution in [3.05, 3.63) is 24.3 Å². The molecule has 0 aromatic heterocycles. The van der Waals surface area contributed by atoms with Crippen LogP contribution in [0.15, 0.2) is 24.3 Å². The maximum atomic E-state index is 10.1. The molecule has 1 aromatic rings. The second-order valence-electron chi connectivity index (χ2n) is 5.72. The lowest BCUT2D eigenvalue weighted by Crippen LogP contribution is -2.39. The van der Waals surface area contributed by atoms with Gasteiger partial charge in [0.15, 0.2) is 0 Å². The van der Waals surface area contributed by atoms with Crippen molar-refractivity contribution in [3.63, 3.8) is 0 Å². The summed E-state index contributed by atoms with van der Waals surface area (Å²) < 4.78 is 11.1. The molecule has 1 fully saturated rings. The highest BCUT2D eigenvalue weighted by Crippen LogP contribution is 2.33. The summed E-state index contributed by atoms with van der Waals surface area (Å²) in [7, 11) is 1.64. The fraction of sp³-hybridized carbons (Fsp3) is 0.625. The summed E-state index contributed by atoms with van der Waals surface area (Å²) in [5.74, 6) is 2.83. The van der Waals surface area contributed by atoms with Gasteiger partial charge in [-0.05, 0) is 43.2 Å². The standard InChI is InChI=1S/C16H24O3/c1-11(2)12-7-8-15(17)16(9-12)19-14-6-4-5-13(10-14)18-3/h4-6,10-12,15-17H,7-9H2,1-3H3. The van der Waals surface area contributed by atoms with E-state index in [0.29, 0.717) is 11.8 Å². The minimum atomic E-state index is -0.360. The normalized spacial score (nSPS) is 27.3. The molecule has 1 saturated carbocycles. The van der Waals surface area contributed by atoms with E-state index in [-0.39, 0.29) is 12.2 Å². The Balaban J connectivity index is 2.03. The molecule has 0 amide bonds. The first-order chi connectivity index (χ1) is 9.10. The number of hydrogen-bond donors (Lipinski definition) is 1. The highest BCUT2D eigenvalue weighted by molar-refractivity contribution is 5.33. The summed E-state index contributed by atoms with van der Waals surface area (Å²) in [5.41, 5.74) is 0. The number of benzene rings is 1. The van der Waals surface area contributed by atoms with Crippen LogP contribution in [-0.2, 0) is 0 Å². The van der Waals surface area contributed by atoms with Gasteiger partial charge in [-0.1, -0.05) is 19.9 Å². The first-order valence-electron chi connectivity index (χ1n) is 7.09. The minimum Gasteiger partial charge on any atom is -0.497 e. The fourth-order valence-corrected chi connectivity index (χ4v) is 2.73.